The fourth-order valence-corrected chi connectivity index (χ4v) is 2.45. The Morgan fingerprint density at radius 1 is 1.08 bits per heavy atom. The van der Waals surface area contributed by atoms with E-state index in [1.807, 2.05) is 48.5 Å². The zero-order chi connectivity index (χ0) is 17.5. The van der Waals surface area contributed by atoms with Crippen molar-refractivity contribution < 1.29 is 9.53 Å². The van der Waals surface area contributed by atoms with Gasteiger partial charge in [-0.25, -0.2) is 9.78 Å². The molecule has 0 saturated carbocycles. The van der Waals surface area contributed by atoms with Gasteiger partial charge in [-0.1, -0.05) is 42.5 Å². The van der Waals surface area contributed by atoms with Gasteiger partial charge in [0.25, 0.3) is 5.56 Å². The third-order valence-corrected chi connectivity index (χ3v) is 3.73. The van der Waals surface area contributed by atoms with Gasteiger partial charge in [-0.2, -0.15) is 0 Å². The summed E-state index contributed by atoms with van der Waals surface area (Å²) in [5.74, 6) is -0.396. The largest absolute Gasteiger partial charge is 0.462 e. The number of esters is 1. The van der Waals surface area contributed by atoms with E-state index in [4.69, 9.17) is 4.74 Å². The molecule has 0 bridgehead atoms. The van der Waals surface area contributed by atoms with Crippen LogP contribution in [0.2, 0.25) is 0 Å². The zero-order valence-electron chi connectivity index (χ0n) is 13.7. The number of para-hydroxylation sites is 1. The minimum atomic E-state index is -0.396. The Hall–Kier alpha value is -3.21. The summed E-state index contributed by atoms with van der Waals surface area (Å²) in [6, 6.07) is 16.8. The van der Waals surface area contributed by atoms with E-state index < -0.39 is 5.97 Å². The predicted molar refractivity (Wildman–Crippen MR) is 97.1 cm³/mol. The molecule has 0 spiro atoms. The van der Waals surface area contributed by atoms with E-state index >= 15 is 0 Å². The van der Waals surface area contributed by atoms with Crippen LogP contribution in [0.15, 0.2) is 71.8 Å². The normalized spacial score (nSPS) is 11.0. The highest BCUT2D eigenvalue weighted by molar-refractivity contribution is 5.87. The van der Waals surface area contributed by atoms with Gasteiger partial charge in [-0.05, 0) is 30.2 Å². The zero-order valence-corrected chi connectivity index (χ0v) is 13.7. The van der Waals surface area contributed by atoms with Gasteiger partial charge in [0.05, 0.1) is 23.8 Å². The van der Waals surface area contributed by atoms with Crippen LogP contribution in [0.3, 0.4) is 0 Å². The maximum absolute atomic E-state index is 12.3. The van der Waals surface area contributed by atoms with Crippen molar-refractivity contribution in [2.24, 2.45) is 0 Å². The first kappa shape index (κ1) is 16.6. The highest BCUT2D eigenvalue weighted by Crippen LogP contribution is 2.05. The molecular formula is C20H18N2O3. The number of aromatic nitrogens is 2. The van der Waals surface area contributed by atoms with Gasteiger partial charge >= 0.3 is 5.97 Å². The molecule has 5 nitrogen and oxygen atoms in total. The van der Waals surface area contributed by atoms with Crippen molar-refractivity contribution in [3.05, 3.63) is 82.9 Å². The minimum absolute atomic E-state index is 0.0825. The first-order chi connectivity index (χ1) is 12.2. The molecule has 1 aromatic heterocycles. The van der Waals surface area contributed by atoms with E-state index in [-0.39, 0.29) is 12.2 Å². The van der Waals surface area contributed by atoms with E-state index in [0.29, 0.717) is 23.9 Å². The summed E-state index contributed by atoms with van der Waals surface area (Å²) in [7, 11) is 0. The summed E-state index contributed by atoms with van der Waals surface area (Å²) >= 11 is 0. The van der Waals surface area contributed by atoms with Gasteiger partial charge in [0.15, 0.2) is 0 Å². The lowest BCUT2D eigenvalue weighted by Crippen LogP contribution is -2.21. The Kier molecular flexibility index (Phi) is 5.36. The topological polar surface area (TPSA) is 61.2 Å². The Balaban J connectivity index is 1.50. The molecule has 126 valence electrons. The number of ether oxygens (including phenoxy) is 1. The molecular weight excluding hydrogens is 316 g/mol. The highest BCUT2D eigenvalue weighted by atomic mass is 16.5. The van der Waals surface area contributed by atoms with E-state index in [0.717, 1.165) is 5.56 Å². The quantitative estimate of drug-likeness (QED) is 0.395. The summed E-state index contributed by atoms with van der Waals surface area (Å²) in [5.41, 5.74) is 1.54. The van der Waals surface area contributed by atoms with Gasteiger partial charge in [0, 0.05) is 12.6 Å². The summed E-state index contributed by atoms with van der Waals surface area (Å²) in [6.45, 7) is 0.698. The molecule has 1 heterocycles. The number of benzene rings is 2. The van der Waals surface area contributed by atoms with Crippen molar-refractivity contribution >= 4 is 22.9 Å². The van der Waals surface area contributed by atoms with Gasteiger partial charge < -0.3 is 4.74 Å². The number of carbonyl (C=O) groups excluding carboxylic acids is 1. The Morgan fingerprint density at radius 3 is 2.68 bits per heavy atom. The Bertz CT molecular complexity index is 946. The second kappa shape index (κ2) is 8.06. The molecule has 0 unspecified atom stereocenters. The minimum Gasteiger partial charge on any atom is -0.462 e. The van der Waals surface area contributed by atoms with Gasteiger partial charge in [0.2, 0.25) is 0 Å². The first-order valence-electron chi connectivity index (χ1n) is 8.08. The number of nitrogens with zero attached hydrogens (tertiary/aromatic N) is 2. The molecule has 5 heteroatoms. The first-order valence-corrected chi connectivity index (χ1v) is 8.08. The molecule has 0 radical (unpaired) electrons. The predicted octanol–water partition coefficient (Wildman–Crippen LogP) is 3.04. The Labute approximate surface area is 145 Å². The molecule has 0 saturated heterocycles. The molecule has 0 aliphatic heterocycles. The standard InChI is InChI=1S/C20H18N2O3/c23-19(12-11-16-7-2-1-3-8-16)25-14-6-13-22-15-21-18-10-5-4-9-17(18)20(22)24/h1-5,7-12,15H,6,13-14H2. The molecule has 0 aliphatic carbocycles. The molecule has 3 aromatic rings. The Morgan fingerprint density at radius 2 is 1.84 bits per heavy atom. The van der Waals surface area contributed by atoms with Crippen LogP contribution in [0.25, 0.3) is 17.0 Å². The van der Waals surface area contributed by atoms with Gasteiger partial charge in [-0.15, -0.1) is 0 Å². The maximum atomic E-state index is 12.3. The second-order valence-corrected chi connectivity index (χ2v) is 5.53. The molecule has 0 atom stereocenters. The summed E-state index contributed by atoms with van der Waals surface area (Å²) in [6.07, 6.45) is 5.19. The van der Waals surface area contributed by atoms with Crippen LogP contribution in [0, 0.1) is 0 Å². The van der Waals surface area contributed by atoms with Crippen molar-refractivity contribution in [3.63, 3.8) is 0 Å². The molecule has 0 fully saturated rings. The summed E-state index contributed by atoms with van der Waals surface area (Å²) in [4.78, 5) is 28.3. The third-order valence-electron chi connectivity index (χ3n) is 3.73. The van der Waals surface area contributed by atoms with Crippen LogP contribution >= 0.6 is 0 Å². The van der Waals surface area contributed by atoms with Crippen LogP contribution in [-0.2, 0) is 16.1 Å². The molecule has 3 rings (SSSR count). The monoisotopic (exact) mass is 334 g/mol. The van der Waals surface area contributed by atoms with Crippen LogP contribution in [0.1, 0.15) is 12.0 Å². The van der Waals surface area contributed by atoms with Crippen LogP contribution in [0.4, 0.5) is 0 Å². The average molecular weight is 334 g/mol. The van der Waals surface area contributed by atoms with Crippen LogP contribution < -0.4 is 5.56 Å². The molecule has 0 amide bonds. The second-order valence-electron chi connectivity index (χ2n) is 5.53. The van der Waals surface area contributed by atoms with E-state index in [1.165, 1.54) is 17.0 Å². The summed E-state index contributed by atoms with van der Waals surface area (Å²) in [5, 5.41) is 0.591. The molecule has 0 N–H and O–H groups in total. The lowest BCUT2D eigenvalue weighted by molar-refractivity contribution is -0.137. The van der Waals surface area contributed by atoms with Gasteiger partial charge in [0.1, 0.15) is 0 Å². The van der Waals surface area contributed by atoms with Crippen molar-refractivity contribution in [2.75, 3.05) is 6.61 Å². The summed E-state index contributed by atoms with van der Waals surface area (Å²) < 4.78 is 6.69. The van der Waals surface area contributed by atoms with Crippen LogP contribution in [0.5, 0.6) is 0 Å². The van der Waals surface area contributed by atoms with E-state index in [1.54, 1.807) is 12.1 Å². The number of fused-ring (bicyclic) bond motifs is 1. The smallest absolute Gasteiger partial charge is 0.330 e. The molecule has 25 heavy (non-hydrogen) atoms. The van der Waals surface area contributed by atoms with Crippen molar-refractivity contribution in [1.82, 2.24) is 9.55 Å². The van der Waals surface area contributed by atoms with E-state index in [9.17, 15) is 9.59 Å². The fourth-order valence-electron chi connectivity index (χ4n) is 2.45. The number of aryl methyl sites for hydroxylation is 1. The SMILES string of the molecule is O=C(C=Cc1ccccc1)OCCCn1cnc2ccccc2c1=O. The average Bonchev–Trinajstić information content (AvgIpc) is 2.66. The lowest BCUT2D eigenvalue weighted by atomic mass is 10.2. The third kappa shape index (κ3) is 4.41. The lowest BCUT2D eigenvalue weighted by Gasteiger charge is -2.06. The molecule has 2 aromatic carbocycles. The molecule has 0 aliphatic rings. The van der Waals surface area contributed by atoms with Crippen molar-refractivity contribution in [3.8, 4) is 0 Å². The number of rotatable bonds is 6. The number of carbonyl (C=O) groups is 1. The maximum Gasteiger partial charge on any atom is 0.330 e. The van der Waals surface area contributed by atoms with Gasteiger partial charge in [-0.3, -0.25) is 9.36 Å². The van der Waals surface area contributed by atoms with Crippen molar-refractivity contribution in [2.45, 2.75) is 13.0 Å². The van der Waals surface area contributed by atoms with Crippen molar-refractivity contribution in [1.29, 1.82) is 0 Å². The number of hydrogen-bond acceptors (Lipinski definition) is 4. The fraction of sp³-hybridized carbons (Fsp3) is 0.150. The number of hydrogen-bond donors (Lipinski definition) is 0. The van der Waals surface area contributed by atoms with E-state index in [2.05, 4.69) is 4.98 Å². The van der Waals surface area contributed by atoms with Crippen LogP contribution in [-0.4, -0.2) is 22.1 Å². The highest BCUT2D eigenvalue weighted by Gasteiger charge is 2.03.